The first-order chi connectivity index (χ1) is 8.51. The second-order valence-electron chi connectivity index (χ2n) is 3.93. The van der Waals surface area contributed by atoms with Gasteiger partial charge in [0.15, 0.2) is 0 Å². The predicted octanol–water partition coefficient (Wildman–Crippen LogP) is 0.00210. The standard InChI is InChI=1S/C10H21N5O2S/c1-3-15(4-2)7-5-6-13-18(16,17)9-8-12-14-10(9)11/h8,13H,3-7H2,1-2H3,(H3,11,12,14). The first kappa shape index (κ1) is 14.9. The van der Waals surface area contributed by atoms with Gasteiger partial charge in [-0.05, 0) is 26.1 Å². The molecule has 0 saturated carbocycles. The van der Waals surface area contributed by atoms with E-state index in [9.17, 15) is 8.42 Å². The summed E-state index contributed by atoms with van der Waals surface area (Å²) in [6, 6.07) is 0. The van der Waals surface area contributed by atoms with Crippen LogP contribution < -0.4 is 10.5 Å². The third kappa shape index (κ3) is 3.97. The molecule has 0 aromatic carbocycles. The highest BCUT2D eigenvalue weighted by Gasteiger charge is 2.18. The van der Waals surface area contributed by atoms with Gasteiger partial charge in [-0.15, -0.1) is 0 Å². The van der Waals surface area contributed by atoms with E-state index in [2.05, 4.69) is 33.7 Å². The molecule has 4 N–H and O–H groups in total. The molecule has 1 aromatic heterocycles. The van der Waals surface area contributed by atoms with Gasteiger partial charge in [0.2, 0.25) is 10.0 Å². The molecule has 8 heteroatoms. The molecule has 0 radical (unpaired) electrons. The lowest BCUT2D eigenvalue weighted by Crippen LogP contribution is -2.30. The fourth-order valence-electron chi connectivity index (χ4n) is 1.63. The molecule has 0 bridgehead atoms. The summed E-state index contributed by atoms with van der Waals surface area (Å²) in [6.45, 7) is 7.37. The van der Waals surface area contributed by atoms with Crippen LogP contribution in [0.1, 0.15) is 20.3 Å². The number of nitrogens with two attached hydrogens (primary N) is 1. The Morgan fingerprint density at radius 2 is 2.11 bits per heavy atom. The second-order valence-corrected chi connectivity index (χ2v) is 5.66. The van der Waals surface area contributed by atoms with E-state index in [1.807, 2.05) is 0 Å². The molecule has 18 heavy (non-hydrogen) atoms. The van der Waals surface area contributed by atoms with Crippen LogP contribution in [0.3, 0.4) is 0 Å². The normalized spacial score (nSPS) is 12.2. The number of anilines is 1. The van der Waals surface area contributed by atoms with Gasteiger partial charge in [0, 0.05) is 6.54 Å². The van der Waals surface area contributed by atoms with Gasteiger partial charge in [-0.2, -0.15) is 5.10 Å². The van der Waals surface area contributed by atoms with Gasteiger partial charge in [-0.25, -0.2) is 13.1 Å². The SMILES string of the molecule is CCN(CC)CCCNS(=O)(=O)c1cn[nH]c1N. The number of nitrogens with zero attached hydrogens (tertiary/aromatic N) is 2. The van der Waals surface area contributed by atoms with Crippen molar-refractivity contribution in [1.82, 2.24) is 19.8 Å². The predicted molar refractivity (Wildman–Crippen MR) is 70.6 cm³/mol. The molecule has 0 saturated heterocycles. The van der Waals surface area contributed by atoms with Crippen LogP contribution in [-0.4, -0.2) is 49.7 Å². The summed E-state index contributed by atoms with van der Waals surface area (Å²) >= 11 is 0. The van der Waals surface area contributed by atoms with Crippen molar-refractivity contribution in [3.05, 3.63) is 6.20 Å². The molecule has 0 aliphatic rings. The van der Waals surface area contributed by atoms with Gasteiger partial charge in [0.05, 0.1) is 6.20 Å². The highest BCUT2D eigenvalue weighted by Crippen LogP contribution is 2.13. The number of hydrogen-bond acceptors (Lipinski definition) is 5. The molecular formula is C10H21N5O2S. The molecular weight excluding hydrogens is 254 g/mol. The van der Waals surface area contributed by atoms with E-state index in [0.29, 0.717) is 6.54 Å². The lowest BCUT2D eigenvalue weighted by atomic mass is 10.4. The summed E-state index contributed by atoms with van der Waals surface area (Å²) in [7, 11) is -3.55. The topological polar surface area (TPSA) is 104 Å². The first-order valence-electron chi connectivity index (χ1n) is 6.02. The number of hydrogen-bond donors (Lipinski definition) is 3. The van der Waals surface area contributed by atoms with Crippen LogP contribution in [0.15, 0.2) is 11.1 Å². The maximum Gasteiger partial charge on any atom is 0.245 e. The van der Waals surface area contributed by atoms with Crippen LogP contribution in [0.25, 0.3) is 0 Å². The van der Waals surface area contributed by atoms with Crippen molar-refractivity contribution >= 4 is 15.8 Å². The summed E-state index contributed by atoms with van der Waals surface area (Å²) in [4.78, 5) is 2.24. The van der Waals surface area contributed by atoms with E-state index in [1.165, 1.54) is 6.20 Å². The zero-order valence-corrected chi connectivity index (χ0v) is 11.6. The summed E-state index contributed by atoms with van der Waals surface area (Å²) < 4.78 is 26.2. The van der Waals surface area contributed by atoms with E-state index in [0.717, 1.165) is 26.1 Å². The Morgan fingerprint density at radius 1 is 1.44 bits per heavy atom. The molecule has 0 aliphatic carbocycles. The summed E-state index contributed by atoms with van der Waals surface area (Å²) in [6.07, 6.45) is 1.97. The third-order valence-corrected chi connectivity index (χ3v) is 4.25. The summed E-state index contributed by atoms with van der Waals surface area (Å²) in [5, 5.41) is 6.00. The van der Waals surface area contributed by atoms with Crippen molar-refractivity contribution in [1.29, 1.82) is 0 Å². The van der Waals surface area contributed by atoms with Gasteiger partial charge in [0.25, 0.3) is 0 Å². The van der Waals surface area contributed by atoms with Crippen molar-refractivity contribution in [3.63, 3.8) is 0 Å². The van der Waals surface area contributed by atoms with E-state index < -0.39 is 10.0 Å². The van der Waals surface area contributed by atoms with Crippen LogP contribution >= 0.6 is 0 Å². The zero-order chi connectivity index (χ0) is 13.6. The number of sulfonamides is 1. The Balaban J connectivity index is 2.42. The average Bonchev–Trinajstić information content (AvgIpc) is 2.76. The average molecular weight is 275 g/mol. The molecule has 104 valence electrons. The molecule has 0 amide bonds. The molecule has 0 spiro atoms. The monoisotopic (exact) mass is 275 g/mol. The maximum atomic E-state index is 11.8. The van der Waals surface area contributed by atoms with E-state index >= 15 is 0 Å². The smallest absolute Gasteiger partial charge is 0.245 e. The Hall–Kier alpha value is -1.12. The molecule has 0 aliphatic heterocycles. The van der Waals surface area contributed by atoms with E-state index in [4.69, 9.17) is 5.73 Å². The summed E-state index contributed by atoms with van der Waals surface area (Å²) in [5.74, 6) is 0.0613. The van der Waals surface area contributed by atoms with Crippen LogP contribution in [-0.2, 0) is 10.0 Å². The Kier molecular flexibility index (Phi) is 5.57. The molecule has 0 unspecified atom stereocenters. The van der Waals surface area contributed by atoms with Crippen molar-refractivity contribution in [2.45, 2.75) is 25.2 Å². The fourth-order valence-corrected chi connectivity index (χ4v) is 2.72. The van der Waals surface area contributed by atoms with Crippen LogP contribution in [0.4, 0.5) is 5.82 Å². The van der Waals surface area contributed by atoms with Gasteiger partial charge in [0.1, 0.15) is 10.7 Å². The van der Waals surface area contributed by atoms with E-state index in [1.54, 1.807) is 0 Å². The molecule has 0 atom stereocenters. The van der Waals surface area contributed by atoms with Crippen LogP contribution in [0, 0.1) is 0 Å². The number of H-pyrrole nitrogens is 1. The number of aromatic amines is 1. The van der Waals surface area contributed by atoms with Crippen LogP contribution in [0.2, 0.25) is 0 Å². The quantitative estimate of drug-likeness (QED) is 0.579. The lowest BCUT2D eigenvalue weighted by Gasteiger charge is -2.17. The Labute approximate surface area is 108 Å². The van der Waals surface area contributed by atoms with Gasteiger partial charge >= 0.3 is 0 Å². The number of nitrogens with one attached hydrogen (secondary N) is 2. The minimum Gasteiger partial charge on any atom is -0.383 e. The molecule has 1 heterocycles. The fraction of sp³-hybridized carbons (Fsp3) is 0.700. The Bertz CT molecular complexity index is 453. The van der Waals surface area contributed by atoms with Crippen molar-refractivity contribution in [3.8, 4) is 0 Å². The number of nitrogen functional groups attached to an aromatic ring is 1. The molecule has 1 rings (SSSR count). The highest BCUT2D eigenvalue weighted by atomic mass is 32.2. The minimum atomic E-state index is -3.55. The van der Waals surface area contributed by atoms with E-state index in [-0.39, 0.29) is 10.7 Å². The Morgan fingerprint density at radius 3 is 2.61 bits per heavy atom. The van der Waals surface area contributed by atoms with Crippen molar-refractivity contribution in [2.75, 3.05) is 31.9 Å². The number of rotatable bonds is 8. The summed E-state index contributed by atoms with van der Waals surface area (Å²) in [5.41, 5.74) is 5.48. The lowest BCUT2D eigenvalue weighted by molar-refractivity contribution is 0.300. The zero-order valence-electron chi connectivity index (χ0n) is 10.8. The first-order valence-corrected chi connectivity index (χ1v) is 7.50. The van der Waals surface area contributed by atoms with Crippen molar-refractivity contribution < 1.29 is 8.42 Å². The largest absolute Gasteiger partial charge is 0.383 e. The van der Waals surface area contributed by atoms with Gasteiger partial charge in [-0.1, -0.05) is 13.8 Å². The molecule has 7 nitrogen and oxygen atoms in total. The van der Waals surface area contributed by atoms with Crippen LogP contribution in [0.5, 0.6) is 0 Å². The minimum absolute atomic E-state index is 0.00494. The maximum absolute atomic E-state index is 11.8. The van der Waals surface area contributed by atoms with Gasteiger partial charge in [-0.3, -0.25) is 5.10 Å². The highest BCUT2D eigenvalue weighted by molar-refractivity contribution is 7.89. The van der Waals surface area contributed by atoms with Gasteiger partial charge < -0.3 is 10.6 Å². The third-order valence-electron chi connectivity index (χ3n) is 2.76. The second kappa shape index (κ2) is 6.72. The molecule has 0 fully saturated rings. The molecule has 1 aromatic rings. The number of aromatic nitrogens is 2. The van der Waals surface area contributed by atoms with Crippen molar-refractivity contribution in [2.24, 2.45) is 0 Å².